The van der Waals surface area contributed by atoms with Gasteiger partial charge in [-0.2, -0.15) is 0 Å². The zero-order valence-electron chi connectivity index (χ0n) is 10.6. The van der Waals surface area contributed by atoms with Crippen molar-refractivity contribution >= 4 is 29.1 Å². The predicted octanol–water partition coefficient (Wildman–Crippen LogP) is 2.62. The molecule has 0 bridgehead atoms. The van der Waals surface area contributed by atoms with Crippen LogP contribution in [0.4, 0.5) is 5.69 Å². The summed E-state index contributed by atoms with van der Waals surface area (Å²) in [5, 5.41) is 3.35. The van der Waals surface area contributed by atoms with Crippen molar-refractivity contribution < 1.29 is 9.59 Å². The van der Waals surface area contributed by atoms with E-state index in [0.717, 1.165) is 5.56 Å². The number of rotatable bonds is 4. The highest BCUT2D eigenvalue weighted by molar-refractivity contribution is 6.30. The van der Waals surface area contributed by atoms with Crippen molar-refractivity contribution in [3.63, 3.8) is 0 Å². The van der Waals surface area contributed by atoms with Crippen LogP contribution in [-0.2, 0) is 11.2 Å². The van der Waals surface area contributed by atoms with E-state index in [4.69, 9.17) is 17.3 Å². The van der Waals surface area contributed by atoms with E-state index in [2.05, 4.69) is 5.32 Å². The Bertz CT molecular complexity index is 639. The van der Waals surface area contributed by atoms with Crippen LogP contribution < -0.4 is 11.1 Å². The summed E-state index contributed by atoms with van der Waals surface area (Å²) in [5.74, 6) is -0.701. The highest BCUT2D eigenvalue weighted by Gasteiger charge is 2.06. The van der Waals surface area contributed by atoms with Crippen LogP contribution in [0, 0.1) is 0 Å². The van der Waals surface area contributed by atoms with Gasteiger partial charge in [0.1, 0.15) is 0 Å². The Morgan fingerprint density at radius 1 is 1.10 bits per heavy atom. The van der Waals surface area contributed by atoms with Crippen LogP contribution in [-0.4, -0.2) is 11.8 Å². The van der Waals surface area contributed by atoms with Gasteiger partial charge >= 0.3 is 0 Å². The van der Waals surface area contributed by atoms with Gasteiger partial charge in [0.2, 0.25) is 11.8 Å². The van der Waals surface area contributed by atoms with Crippen molar-refractivity contribution in [1.82, 2.24) is 0 Å². The Kier molecular flexibility index (Phi) is 4.38. The van der Waals surface area contributed by atoms with Crippen LogP contribution in [0.25, 0.3) is 0 Å². The number of carbonyl (C=O) groups is 2. The molecule has 2 aromatic rings. The van der Waals surface area contributed by atoms with Gasteiger partial charge in [0.05, 0.1) is 6.42 Å². The molecule has 20 heavy (non-hydrogen) atoms. The van der Waals surface area contributed by atoms with Crippen LogP contribution in [0.2, 0.25) is 5.02 Å². The van der Waals surface area contributed by atoms with Crippen LogP contribution in [0.15, 0.2) is 48.5 Å². The second-order valence-electron chi connectivity index (χ2n) is 4.30. The fourth-order valence-electron chi connectivity index (χ4n) is 1.74. The van der Waals surface area contributed by atoms with Crippen molar-refractivity contribution in [3.05, 3.63) is 64.7 Å². The zero-order valence-corrected chi connectivity index (χ0v) is 11.4. The van der Waals surface area contributed by atoms with Crippen molar-refractivity contribution in [2.45, 2.75) is 6.42 Å². The first-order valence-electron chi connectivity index (χ1n) is 5.99. The number of carbonyl (C=O) groups excluding carboxylic acids is 2. The molecule has 0 saturated carbocycles. The van der Waals surface area contributed by atoms with Gasteiger partial charge in [-0.05, 0) is 35.9 Å². The van der Waals surface area contributed by atoms with Gasteiger partial charge in [-0.3, -0.25) is 9.59 Å². The summed E-state index contributed by atoms with van der Waals surface area (Å²) in [6.45, 7) is 0. The second-order valence-corrected chi connectivity index (χ2v) is 4.73. The maximum absolute atomic E-state index is 11.9. The normalized spacial score (nSPS) is 10.1. The molecule has 102 valence electrons. The molecule has 2 rings (SSSR count). The molecule has 0 aliphatic rings. The Morgan fingerprint density at radius 2 is 1.80 bits per heavy atom. The molecule has 0 aliphatic carbocycles. The van der Waals surface area contributed by atoms with Gasteiger partial charge < -0.3 is 11.1 Å². The summed E-state index contributed by atoms with van der Waals surface area (Å²) in [6.07, 6.45) is 0.234. The number of primary amides is 1. The Balaban J connectivity index is 2.02. The molecule has 0 radical (unpaired) electrons. The number of halogens is 1. The lowest BCUT2D eigenvalue weighted by Crippen LogP contribution is -2.16. The van der Waals surface area contributed by atoms with Gasteiger partial charge in [0, 0.05) is 16.3 Å². The fraction of sp³-hybridized carbons (Fsp3) is 0.0667. The fourth-order valence-corrected chi connectivity index (χ4v) is 1.87. The van der Waals surface area contributed by atoms with E-state index < -0.39 is 5.91 Å². The topological polar surface area (TPSA) is 72.2 Å². The van der Waals surface area contributed by atoms with Crippen LogP contribution in [0.5, 0.6) is 0 Å². The number of nitrogens with two attached hydrogens (primary N) is 1. The van der Waals surface area contributed by atoms with Gasteiger partial charge in [0.15, 0.2) is 0 Å². The summed E-state index contributed by atoms with van der Waals surface area (Å²) in [6, 6.07) is 13.6. The highest BCUT2D eigenvalue weighted by atomic mass is 35.5. The predicted molar refractivity (Wildman–Crippen MR) is 78.7 cm³/mol. The lowest BCUT2D eigenvalue weighted by Gasteiger charge is -2.06. The molecule has 0 saturated heterocycles. The Hall–Kier alpha value is -2.33. The molecular weight excluding hydrogens is 276 g/mol. The van der Waals surface area contributed by atoms with E-state index in [1.54, 1.807) is 48.5 Å². The SMILES string of the molecule is NC(=O)c1cccc(NC(=O)Cc2ccc(Cl)cc2)c1. The van der Waals surface area contributed by atoms with Crippen LogP contribution in [0.3, 0.4) is 0 Å². The van der Waals surface area contributed by atoms with Gasteiger partial charge in [-0.15, -0.1) is 0 Å². The molecule has 2 aromatic carbocycles. The summed E-state index contributed by atoms with van der Waals surface area (Å²) in [7, 11) is 0. The van der Waals surface area contributed by atoms with Crippen molar-refractivity contribution in [2.75, 3.05) is 5.32 Å². The number of amides is 2. The zero-order chi connectivity index (χ0) is 14.5. The largest absolute Gasteiger partial charge is 0.366 e. The lowest BCUT2D eigenvalue weighted by atomic mass is 10.1. The van der Waals surface area contributed by atoms with Gasteiger partial charge in [0.25, 0.3) is 0 Å². The standard InChI is InChI=1S/C15H13ClN2O2/c16-12-6-4-10(5-7-12)8-14(19)18-13-3-1-2-11(9-13)15(17)20/h1-7,9H,8H2,(H2,17,20)(H,18,19). The quantitative estimate of drug-likeness (QED) is 0.908. The Labute approximate surface area is 121 Å². The molecule has 3 N–H and O–H groups in total. The monoisotopic (exact) mass is 288 g/mol. The first kappa shape index (κ1) is 14.1. The van der Waals surface area contributed by atoms with Gasteiger partial charge in [-0.25, -0.2) is 0 Å². The highest BCUT2D eigenvalue weighted by Crippen LogP contribution is 2.13. The molecule has 5 heteroatoms. The van der Waals surface area contributed by atoms with E-state index in [9.17, 15) is 9.59 Å². The Morgan fingerprint density at radius 3 is 2.45 bits per heavy atom. The molecule has 4 nitrogen and oxygen atoms in total. The van der Waals surface area contributed by atoms with Crippen molar-refractivity contribution in [2.24, 2.45) is 5.73 Å². The molecule has 2 amide bonds. The third-order valence-corrected chi connectivity index (χ3v) is 2.96. The molecular formula is C15H13ClN2O2. The lowest BCUT2D eigenvalue weighted by molar-refractivity contribution is -0.115. The van der Waals surface area contributed by atoms with E-state index in [1.807, 2.05) is 0 Å². The molecule has 0 fully saturated rings. The summed E-state index contributed by atoms with van der Waals surface area (Å²) in [4.78, 5) is 22.9. The smallest absolute Gasteiger partial charge is 0.248 e. The van der Waals surface area contributed by atoms with Crippen molar-refractivity contribution in [3.8, 4) is 0 Å². The average Bonchev–Trinajstić information content (AvgIpc) is 2.41. The molecule has 0 atom stereocenters. The number of hydrogen-bond donors (Lipinski definition) is 2. The first-order chi connectivity index (χ1) is 9.54. The summed E-state index contributed by atoms with van der Waals surface area (Å²) < 4.78 is 0. The number of hydrogen-bond acceptors (Lipinski definition) is 2. The second kappa shape index (κ2) is 6.21. The summed E-state index contributed by atoms with van der Waals surface area (Å²) in [5.41, 5.74) is 6.94. The van der Waals surface area contributed by atoms with E-state index in [-0.39, 0.29) is 12.3 Å². The molecule has 0 heterocycles. The average molecular weight is 289 g/mol. The first-order valence-corrected chi connectivity index (χ1v) is 6.36. The molecule has 0 aliphatic heterocycles. The minimum atomic E-state index is -0.529. The maximum Gasteiger partial charge on any atom is 0.248 e. The summed E-state index contributed by atoms with van der Waals surface area (Å²) >= 11 is 5.78. The van der Waals surface area contributed by atoms with Crippen molar-refractivity contribution in [1.29, 1.82) is 0 Å². The number of benzene rings is 2. The minimum Gasteiger partial charge on any atom is -0.366 e. The third-order valence-electron chi connectivity index (χ3n) is 2.71. The van der Waals surface area contributed by atoms with E-state index in [1.165, 1.54) is 0 Å². The number of nitrogens with one attached hydrogen (secondary N) is 1. The number of anilines is 1. The molecule has 0 unspecified atom stereocenters. The molecule has 0 spiro atoms. The van der Waals surface area contributed by atoms with E-state index in [0.29, 0.717) is 16.3 Å². The maximum atomic E-state index is 11.9. The van der Waals surface area contributed by atoms with Crippen LogP contribution in [0.1, 0.15) is 15.9 Å². The third kappa shape index (κ3) is 3.83. The van der Waals surface area contributed by atoms with Gasteiger partial charge in [-0.1, -0.05) is 29.8 Å². The minimum absolute atomic E-state index is 0.172. The van der Waals surface area contributed by atoms with Crippen LogP contribution >= 0.6 is 11.6 Å². The molecule has 0 aromatic heterocycles. The van der Waals surface area contributed by atoms with E-state index >= 15 is 0 Å².